The topological polar surface area (TPSA) is 42.4 Å². The van der Waals surface area contributed by atoms with Crippen molar-refractivity contribution in [2.24, 2.45) is 0 Å². The molecule has 0 saturated carbocycles. The molecular formula is C15H16FNO2. The van der Waals surface area contributed by atoms with Gasteiger partial charge in [-0.3, -0.25) is 4.98 Å². The number of ether oxygens (including phenoxy) is 1. The molecule has 0 aliphatic carbocycles. The summed E-state index contributed by atoms with van der Waals surface area (Å²) in [6, 6.07) is 9.96. The molecule has 3 nitrogen and oxygen atoms in total. The van der Waals surface area contributed by atoms with Gasteiger partial charge in [0.15, 0.2) is 0 Å². The minimum Gasteiger partial charge on any atom is -0.493 e. The van der Waals surface area contributed by atoms with Crippen LogP contribution in [-0.4, -0.2) is 16.7 Å². The third-order valence-electron chi connectivity index (χ3n) is 2.94. The van der Waals surface area contributed by atoms with Crippen LogP contribution in [0, 0.1) is 5.82 Å². The number of hydrogen-bond acceptors (Lipinski definition) is 3. The molecule has 0 aliphatic heterocycles. The molecule has 0 spiro atoms. The molecule has 1 aromatic heterocycles. The van der Waals surface area contributed by atoms with Gasteiger partial charge in [0, 0.05) is 5.56 Å². The minimum absolute atomic E-state index is 0.376. The number of aromatic nitrogens is 1. The number of pyridine rings is 1. The maximum absolute atomic E-state index is 12.9. The summed E-state index contributed by atoms with van der Waals surface area (Å²) < 4.78 is 18.4. The van der Waals surface area contributed by atoms with Crippen LogP contribution >= 0.6 is 0 Å². The van der Waals surface area contributed by atoms with Crippen molar-refractivity contribution in [3.05, 3.63) is 59.7 Å². The summed E-state index contributed by atoms with van der Waals surface area (Å²) in [6.45, 7) is 4.00. The Hall–Kier alpha value is -1.94. The summed E-state index contributed by atoms with van der Waals surface area (Å²) >= 11 is 0. The van der Waals surface area contributed by atoms with E-state index < -0.39 is 11.4 Å². The number of halogens is 1. The largest absolute Gasteiger partial charge is 0.493 e. The molecule has 1 unspecified atom stereocenters. The first-order valence-electron chi connectivity index (χ1n) is 6.12. The summed E-state index contributed by atoms with van der Waals surface area (Å²) in [6.07, 6.45) is 1.09. The van der Waals surface area contributed by atoms with E-state index in [4.69, 9.17) is 4.74 Å². The first-order chi connectivity index (χ1) is 9.05. The van der Waals surface area contributed by atoms with E-state index >= 15 is 0 Å². The SMILES string of the molecule is CCOc1ccccc1C(C)(O)c1ccc(F)cn1. The second-order valence-corrected chi connectivity index (χ2v) is 4.36. The standard InChI is InChI=1S/C15H16FNO2/c1-3-19-13-7-5-4-6-12(13)15(2,18)14-9-8-11(16)10-17-14/h4-10,18H,3H2,1-2H3. The van der Waals surface area contributed by atoms with Crippen LogP contribution in [0.1, 0.15) is 25.1 Å². The third-order valence-corrected chi connectivity index (χ3v) is 2.94. The highest BCUT2D eigenvalue weighted by molar-refractivity contribution is 5.42. The van der Waals surface area contributed by atoms with Crippen molar-refractivity contribution in [2.75, 3.05) is 6.61 Å². The van der Waals surface area contributed by atoms with Crippen molar-refractivity contribution < 1.29 is 14.2 Å². The molecule has 1 heterocycles. The predicted molar refractivity (Wildman–Crippen MR) is 70.5 cm³/mol. The Kier molecular flexibility index (Phi) is 3.81. The van der Waals surface area contributed by atoms with Gasteiger partial charge < -0.3 is 9.84 Å². The maximum Gasteiger partial charge on any atom is 0.141 e. The lowest BCUT2D eigenvalue weighted by atomic mass is 9.91. The van der Waals surface area contributed by atoms with E-state index in [9.17, 15) is 9.50 Å². The van der Waals surface area contributed by atoms with Gasteiger partial charge in [0.1, 0.15) is 17.2 Å². The average Bonchev–Trinajstić information content (AvgIpc) is 2.40. The van der Waals surface area contributed by atoms with Crippen molar-refractivity contribution in [2.45, 2.75) is 19.4 Å². The quantitative estimate of drug-likeness (QED) is 0.920. The van der Waals surface area contributed by atoms with Gasteiger partial charge in [-0.2, -0.15) is 0 Å². The molecule has 4 heteroatoms. The molecule has 0 radical (unpaired) electrons. The van der Waals surface area contributed by atoms with Gasteiger partial charge in [-0.05, 0) is 32.0 Å². The molecule has 100 valence electrons. The Morgan fingerprint density at radius 3 is 2.63 bits per heavy atom. The minimum atomic E-state index is -1.33. The van der Waals surface area contributed by atoms with Crippen molar-refractivity contribution in [1.29, 1.82) is 0 Å². The molecular weight excluding hydrogens is 245 g/mol. The molecule has 0 amide bonds. The van der Waals surface area contributed by atoms with Crippen LogP contribution < -0.4 is 4.74 Å². The Morgan fingerprint density at radius 2 is 2.00 bits per heavy atom. The van der Waals surface area contributed by atoms with Gasteiger partial charge >= 0.3 is 0 Å². The summed E-state index contributed by atoms with van der Waals surface area (Å²) in [5.41, 5.74) is -0.351. The van der Waals surface area contributed by atoms with Gasteiger partial charge in [-0.1, -0.05) is 18.2 Å². The lowest BCUT2D eigenvalue weighted by Crippen LogP contribution is -2.25. The lowest BCUT2D eigenvalue weighted by Gasteiger charge is -2.25. The monoisotopic (exact) mass is 261 g/mol. The zero-order valence-electron chi connectivity index (χ0n) is 10.9. The summed E-state index contributed by atoms with van der Waals surface area (Å²) in [7, 11) is 0. The van der Waals surface area contributed by atoms with Crippen LogP contribution in [0.2, 0.25) is 0 Å². The first-order valence-corrected chi connectivity index (χ1v) is 6.12. The zero-order chi connectivity index (χ0) is 13.9. The normalized spacial score (nSPS) is 13.9. The van der Waals surface area contributed by atoms with Crippen LogP contribution in [-0.2, 0) is 5.60 Å². The fourth-order valence-corrected chi connectivity index (χ4v) is 1.95. The molecule has 0 aliphatic rings. The highest BCUT2D eigenvalue weighted by Crippen LogP contribution is 2.34. The highest BCUT2D eigenvalue weighted by Gasteiger charge is 2.30. The van der Waals surface area contributed by atoms with Crippen LogP contribution in [0.4, 0.5) is 4.39 Å². The molecule has 1 N–H and O–H groups in total. The number of rotatable bonds is 4. The molecule has 2 aromatic rings. The molecule has 2 rings (SSSR count). The van der Waals surface area contributed by atoms with Crippen molar-refractivity contribution in [1.82, 2.24) is 4.98 Å². The van der Waals surface area contributed by atoms with E-state index in [1.54, 1.807) is 19.1 Å². The van der Waals surface area contributed by atoms with Crippen molar-refractivity contribution >= 4 is 0 Å². The molecule has 19 heavy (non-hydrogen) atoms. The molecule has 1 atom stereocenters. The summed E-state index contributed by atoms with van der Waals surface area (Å²) in [5.74, 6) is 0.166. The van der Waals surface area contributed by atoms with Gasteiger partial charge in [-0.15, -0.1) is 0 Å². The van der Waals surface area contributed by atoms with Crippen LogP contribution in [0.15, 0.2) is 42.6 Å². The molecule has 1 aromatic carbocycles. The van der Waals surface area contributed by atoms with Gasteiger partial charge in [0.2, 0.25) is 0 Å². The Morgan fingerprint density at radius 1 is 1.26 bits per heavy atom. The second-order valence-electron chi connectivity index (χ2n) is 4.36. The van der Waals surface area contributed by atoms with E-state index in [-0.39, 0.29) is 0 Å². The fourth-order valence-electron chi connectivity index (χ4n) is 1.95. The van der Waals surface area contributed by atoms with Crippen molar-refractivity contribution in [3.8, 4) is 5.75 Å². The Balaban J connectivity index is 2.46. The maximum atomic E-state index is 12.9. The summed E-state index contributed by atoms with van der Waals surface area (Å²) in [5, 5.41) is 10.7. The zero-order valence-corrected chi connectivity index (χ0v) is 10.9. The number of para-hydroxylation sites is 1. The van der Waals surface area contributed by atoms with Crippen LogP contribution in [0.3, 0.4) is 0 Å². The lowest BCUT2D eigenvalue weighted by molar-refractivity contribution is 0.0932. The highest BCUT2D eigenvalue weighted by atomic mass is 19.1. The van der Waals surface area contributed by atoms with Gasteiger partial charge in [0.25, 0.3) is 0 Å². The number of aliphatic hydroxyl groups is 1. The van der Waals surface area contributed by atoms with E-state index in [1.807, 2.05) is 19.1 Å². The third kappa shape index (κ3) is 2.74. The smallest absolute Gasteiger partial charge is 0.141 e. The first kappa shape index (κ1) is 13.5. The Labute approximate surface area is 111 Å². The number of nitrogens with zero attached hydrogens (tertiary/aromatic N) is 1. The van der Waals surface area contributed by atoms with Crippen molar-refractivity contribution in [3.63, 3.8) is 0 Å². The van der Waals surface area contributed by atoms with Gasteiger partial charge in [0.05, 0.1) is 18.5 Å². The van der Waals surface area contributed by atoms with E-state index in [0.717, 1.165) is 6.20 Å². The van der Waals surface area contributed by atoms with Gasteiger partial charge in [-0.25, -0.2) is 4.39 Å². The van der Waals surface area contributed by atoms with E-state index in [1.165, 1.54) is 12.1 Å². The predicted octanol–water partition coefficient (Wildman–Crippen LogP) is 2.88. The number of benzene rings is 1. The van der Waals surface area contributed by atoms with Crippen LogP contribution in [0.25, 0.3) is 0 Å². The molecule has 0 fully saturated rings. The van der Waals surface area contributed by atoms with Crippen LogP contribution in [0.5, 0.6) is 5.75 Å². The fraction of sp³-hybridized carbons (Fsp3) is 0.267. The van der Waals surface area contributed by atoms with E-state index in [2.05, 4.69) is 4.98 Å². The van der Waals surface area contributed by atoms with E-state index in [0.29, 0.717) is 23.6 Å². The average molecular weight is 261 g/mol. The number of hydrogen-bond donors (Lipinski definition) is 1. The summed E-state index contributed by atoms with van der Waals surface area (Å²) in [4.78, 5) is 3.95. The second kappa shape index (κ2) is 5.36. The molecule has 0 saturated heterocycles. The Bertz CT molecular complexity index is 552. The molecule has 0 bridgehead atoms.